The molecule has 0 aromatic heterocycles. The third-order valence-corrected chi connectivity index (χ3v) is 5.43. The van der Waals surface area contributed by atoms with Crippen molar-refractivity contribution in [2.24, 2.45) is 0 Å². The molecule has 0 aliphatic carbocycles. The fraction of sp³-hybridized carbons (Fsp3) is 0.650. The van der Waals surface area contributed by atoms with Crippen LogP contribution in [0.3, 0.4) is 0 Å². The first-order chi connectivity index (χ1) is 12.0. The Kier molecular flexibility index (Phi) is 5.84. The second kappa shape index (κ2) is 8.09. The van der Waals surface area contributed by atoms with Gasteiger partial charge in [0.2, 0.25) is 0 Å². The van der Waals surface area contributed by atoms with E-state index in [4.69, 9.17) is 4.74 Å². The quantitative estimate of drug-likeness (QED) is 0.862. The Hall–Kier alpha value is -1.75. The van der Waals surface area contributed by atoms with Gasteiger partial charge >= 0.3 is 6.03 Å². The van der Waals surface area contributed by atoms with Crippen LogP contribution in [0.2, 0.25) is 0 Å². The fourth-order valence-electron chi connectivity index (χ4n) is 3.69. The monoisotopic (exact) mass is 345 g/mol. The van der Waals surface area contributed by atoms with E-state index in [-0.39, 0.29) is 12.1 Å². The van der Waals surface area contributed by atoms with Crippen LogP contribution in [0.1, 0.15) is 37.3 Å². The smallest absolute Gasteiger partial charge is 0.317 e. The van der Waals surface area contributed by atoms with Gasteiger partial charge in [-0.05, 0) is 64.3 Å². The van der Waals surface area contributed by atoms with Gasteiger partial charge in [-0.25, -0.2) is 4.79 Å². The summed E-state index contributed by atoms with van der Waals surface area (Å²) in [5.41, 5.74) is 2.30. The fourth-order valence-corrected chi connectivity index (χ4v) is 3.69. The van der Waals surface area contributed by atoms with E-state index >= 15 is 0 Å². The van der Waals surface area contributed by atoms with Crippen molar-refractivity contribution in [2.45, 2.75) is 52.2 Å². The van der Waals surface area contributed by atoms with Crippen molar-refractivity contribution < 1.29 is 9.53 Å². The SMILES string of the molecule is Cc1cccc(C)c1OC1CN(C(=O)NCCC(C)N2CCCC2)C1. The number of amides is 2. The molecule has 2 aliphatic rings. The summed E-state index contributed by atoms with van der Waals surface area (Å²) in [7, 11) is 0. The van der Waals surface area contributed by atoms with Crippen molar-refractivity contribution in [3.05, 3.63) is 29.3 Å². The number of hydrogen-bond acceptors (Lipinski definition) is 3. The van der Waals surface area contributed by atoms with E-state index in [0.29, 0.717) is 19.1 Å². The first-order valence-corrected chi connectivity index (χ1v) is 9.54. The van der Waals surface area contributed by atoms with E-state index in [1.807, 2.05) is 11.0 Å². The van der Waals surface area contributed by atoms with Crippen molar-refractivity contribution in [1.82, 2.24) is 15.1 Å². The number of nitrogens with one attached hydrogen (secondary N) is 1. The Labute approximate surface area is 151 Å². The standard InChI is InChI=1S/C20H31N3O2/c1-15-7-6-8-16(2)19(15)25-18-13-23(14-18)20(24)21-10-9-17(3)22-11-4-5-12-22/h6-8,17-18H,4-5,9-14H2,1-3H3,(H,21,24). The van der Waals surface area contributed by atoms with Gasteiger partial charge in [-0.1, -0.05) is 18.2 Å². The number of hydrogen-bond donors (Lipinski definition) is 1. The predicted octanol–water partition coefficient (Wildman–Crippen LogP) is 2.95. The lowest BCUT2D eigenvalue weighted by Crippen LogP contribution is -2.59. The van der Waals surface area contributed by atoms with Crippen molar-refractivity contribution >= 4 is 6.03 Å². The van der Waals surface area contributed by atoms with Gasteiger partial charge in [-0.2, -0.15) is 0 Å². The average molecular weight is 345 g/mol. The number of aryl methyl sites for hydroxylation is 2. The van der Waals surface area contributed by atoms with Crippen LogP contribution in [-0.2, 0) is 0 Å². The summed E-state index contributed by atoms with van der Waals surface area (Å²) < 4.78 is 6.07. The molecule has 3 rings (SSSR count). The van der Waals surface area contributed by atoms with Crippen LogP contribution in [0, 0.1) is 13.8 Å². The zero-order chi connectivity index (χ0) is 17.8. The molecule has 2 fully saturated rings. The van der Waals surface area contributed by atoms with Gasteiger partial charge in [-0.3, -0.25) is 0 Å². The van der Waals surface area contributed by atoms with Gasteiger partial charge in [0, 0.05) is 12.6 Å². The van der Waals surface area contributed by atoms with Crippen molar-refractivity contribution in [1.29, 1.82) is 0 Å². The minimum Gasteiger partial charge on any atom is -0.486 e. The molecule has 0 saturated carbocycles. The molecule has 0 radical (unpaired) electrons. The Morgan fingerprint density at radius 3 is 2.52 bits per heavy atom. The molecule has 138 valence electrons. The van der Waals surface area contributed by atoms with E-state index in [1.165, 1.54) is 25.9 Å². The molecule has 2 heterocycles. The van der Waals surface area contributed by atoms with Crippen LogP contribution in [0.15, 0.2) is 18.2 Å². The molecular formula is C20H31N3O2. The molecule has 2 amide bonds. The second-order valence-corrected chi connectivity index (χ2v) is 7.48. The number of carbonyl (C=O) groups is 1. The number of ether oxygens (including phenoxy) is 1. The minimum absolute atomic E-state index is 0.0370. The van der Waals surface area contributed by atoms with Crippen molar-refractivity contribution in [3.63, 3.8) is 0 Å². The highest BCUT2D eigenvalue weighted by molar-refractivity contribution is 5.75. The number of para-hydroxylation sites is 1. The third kappa shape index (κ3) is 4.46. The summed E-state index contributed by atoms with van der Waals surface area (Å²) in [6.45, 7) is 10.9. The minimum atomic E-state index is 0.0370. The molecule has 0 spiro atoms. The van der Waals surface area contributed by atoms with E-state index in [0.717, 1.165) is 29.8 Å². The average Bonchev–Trinajstić information content (AvgIpc) is 3.07. The second-order valence-electron chi connectivity index (χ2n) is 7.48. The first-order valence-electron chi connectivity index (χ1n) is 9.54. The van der Waals surface area contributed by atoms with Crippen LogP contribution >= 0.6 is 0 Å². The van der Waals surface area contributed by atoms with Gasteiger partial charge in [0.1, 0.15) is 11.9 Å². The van der Waals surface area contributed by atoms with Gasteiger partial charge in [0.15, 0.2) is 0 Å². The molecule has 25 heavy (non-hydrogen) atoms. The highest BCUT2D eigenvalue weighted by Gasteiger charge is 2.32. The van der Waals surface area contributed by atoms with E-state index in [1.54, 1.807) is 0 Å². The maximum absolute atomic E-state index is 12.2. The van der Waals surface area contributed by atoms with Crippen LogP contribution in [-0.4, -0.2) is 60.7 Å². The number of urea groups is 1. The zero-order valence-corrected chi connectivity index (χ0v) is 15.8. The topological polar surface area (TPSA) is 44.8 Å². The van der Waals surface area contributed by atoms with Gasteiger partial charge in [-0.15, -0.1) is 0 Å². The highest BCUT2D eigenvalue weighted by atomic mass is 16.5. The molecule has 1 atom stereocenters. The Balaban J connectivity index is 1.35. The zero-order valence-electron chi connectivity index (χ0n) is 15.8. The summed E-state index contributed by atoms with van der Waals surface area (Å²) in [6, 6.07) is 6.76. The lowest BCUT2D eigenvalue weighted by molar-refractivity contribution is 0.0434. The number of carbonyl (C=O) groups excluding carboxylic acids is 1. The van der Waals surface area contributed by atoms with E-state index in [2.05, 4.69) is 43.1 Å². The molecule has 1 N–H and O–H groups in total. The summed E-state index contributed by atoms with van der Waals surface area (Å²) in [4.78, 5) is 16.6. The van der Waals surface area contributed by atoms with Gasteiger partial charge in [0.25, 0.3) is 0 Å². The van der Waals surface area contributed by atoms with Crippen LogP contribution in [0.4, 0.5) is 4.79 Å². The number of rotatable bonds is 6. The van der Waals surface area contributed by atoms with Crippen molar-refractivity contribution in [3.8, 4) is 5.75 Å². The van der Waals surface area contributed by atoms with E-state index in [9.17, 15) is 4.79 Å². The Morgan fingerprint density at radius 1 is 1.24 bits per heavy atom. The molecule has 1 aromatic rings. The van der Waals surface area contributed by atoms with Gasteiger partial charge in [0.05, 0.1) is 13.1 Å². The van der Waals surface area contributed by atoms with Crippen LogP contribution in [0.5, 0.6) is 5.75 Å². The lowest BCUT2D eigenvalue weighted by atomic mass is 10.1. The molecule has 1 aromatic carbocycles. The number of likely N-dealkylation sites (tertiary alicyclic amines) is 2. The largest absolute Gasteiger partial charge is 0.486 e. The first kappa shape index (κ1) is 18.1. The molecule has 5 heteroatoms. The number of benzene rings is 1. The summed E-state index contributed by atoms with van der Waals surface area (Å²) in [5.74, 6) is 0.965. The lowest BCUT2D eigenvalue weighted by Gasteiger charge is -2.39. The molecule has 0 bridgehead atoms. The Morgan fingerprint density at radius 2 is 1.88 bits per heavy atom. The summed E-state index contributed by atoms with van der Waals surface area (Å²) in [5, 5.41) is 3.05. The highest BCUT2D eigenvalue weighted by Crippen LogP contribution is 2.26. The molecule has 1 unspecified atom stereocenters. The maximum atomic E-state index is 12.2. The summed E-state index contributed by atoms with van der Waals surface area (Å²) >= 11 is 0. The Bertz CT molecular complexity index is 572. The molecule has 2 saturated heterocycles. The van der Waals surface area contributed by atoms with Gasteiger partial charge < -0.3 is 19.9 Å². The molecule has 2 aliphatic heterocycles. The number of nitrogens with zero attached hydrogens (tertiary/aromatic N) is 2. The summed E-state index contributed by atoms with van der Waals surface area (Å²) in [6.07, 6.45) is 3.74. The normalized spacial score (nSPS) is 19.6. The maximum Gasteiger partial charge on any atom is 0.317 e. The third-order valence-electron chi connectivity index (χ3n) is 5.43. The van der Waals surface area contributed by atoms with Crippen LogP contribution < -0.4 is 10.1 Å². The van der Waals surface area contributed by atoms with Crippen LogP contribution in [0.25, 0.3) is 0 Å². The molecular weight excluding hydrogens is 314 g/mol. The van der Waals surface area contributed by atoms with E-state index < -0.39 is 0 Å². The predicted molar refractivity (Wildman–Crippen MR) is 100 cm³/mol. The molecule has 5 nitrogen and oxygen atoms in total. The van der Waals surface area contributed by atoms with Crippen molar-refractivity contribution in [2.75, 3.05) is 32.7 Å².